The van der Waals surface area contributed by atoms with Gasteiger partial charge in [-0.3, -0.25) is 0 Å². The first-order chi connectivity index (χ1) is 13.1. The Morgan fingerprint density at radius 2 is 1.81 bits per heavy atom. The largest absolute Gasteiger partial charge is 0.462 e. The third-order valence-corrected chi connectivity index (χ3v) is 5.31. The summed E-state index contributed by atoms with van der Waals surface area (Å²) in [5.41, 5.74) is 3.11. The van der Waals surface area contributed by atoms with Crippen LogP contribution in [0.2, 0.25) is 0 Å². The minimum atomic E-state index is -0.373. The zero-order valence-corrected chi connectivity index (χ0v) is 17.7. The number of nitrogens with one attached hydrogen (secondary N) is 2. The Balaban J connectivity index is 1.89. The monoisotopic (exact) mass is 460 g/mol. The predicted molar refractivity (Wildman–Crippen MR) is 120 cm³/mol. The summed E-state index contributed by atoms with van der Waals surface area (Å²) in [6.45, 7) is 2.10. The Morgan fingerprint density at radius 1 is 1.11 bits per heavy atom. The molecule has 2 N–H and O–H groups in total. The van der Waals surface area contributed by atoms with E-state index in [-0.39, 0.29) is 5.97 Å². The molecule has 3 aromatic rings. The zero-order chi connectivity index (χ0) is 19.2. The van der Waals surface area contributed by atoms with Crippen molar-refractivity contribution in [2.24, 2.45) is 0 Å². The van der Waals surface area contributed by atoms with Crippen molar-refractivity contribution < 1.29 is 9.53 Å². The molecule has 0 radical (unpaired) electrons. The maximum Gasteiger partial charge on any atom is 0.341 e. The van der Waals surface area contributed by atoms with Gasteiger partial charge in [0.05, 0.1) is 6.61 Å². The summed E-state index contributed by atoms with van der Waals surface area (Å²) in [5, 5.41) is 9.24. The molecule has 0 aliphatic rings. The number of carbonyl (C=O) groups is 1. The minimum absolute atomic E-state index is 0.306. The fourth-order valence-electron chi connectivity index (χ4n) is 2.48. The summed E-state index contributed by atoms with van der Waals surface area (Å²) in [6, 6.07) is 17.4. The first-order valence-corrected chi connectivity index (χ1v) is 10.3. The van der Waals surface area contributed by atoms with Crippen molar-refractivity contribution in [2.45, 2.75) is 6.92 Å². The first kappa shape index (κ1) is 19.5. The van der Waals surface area contributed by atoms with Crippen LogP contribution >= 0.6 is 39.5 Å². The summed E-state index contributed by atoms with van der Waals surface area (Å²) >= 11 is 10.2. The molecule has 1 aromatic heterocycles. The molecule has 0 bridgehead atoms. The van der Waals surface area contributed by atoms with Gasteiger partial charge in [0.15, 0.2) is 5.11 Å². The molecule has 4 nitrogen and oxygen atoms in total. The highest BCUT2D eigenvalue weighted by molar-refractivity contribution is 9.10. The van der Waals surface area contributed by atoms with Crippen LogP contribution in [0.15, 0.2) is 64.5 Å². The van der Waals surface area contributed by atoms with E-state index >= 15 is 0 Å². The van der Waals surface area contributed by atoms with Crippen LogP contribution in [0.1, 0.15) is 17.3 Å². The number of esters is 1. The summed E-state index contributed by atoms with van der Waals surface area (Å²) in [5.74, 6) is -0.373. The van der Waals surface area contributed by atoms with Crippen molar-refractivity contribution in [3.63, 3.8) is 0 Å². The molecule has 7 heteroatoms. The Morgan fingerprint density at radius 3 is 2.48 bits per heavy atom. The van der Waals surface area contributed by atoms with Gasteiger partial charge >= 0.3 is 5.97 Å². The normalized spacial score (nSPS) is 10.3. The van der Waals surface area contributed by atoms with E-state index in [1.54, 1.807) is 6.92 Å². The fourth-order valence-corrected chi connectivity index (χ4v) is 4.00. The van der Waals surface area contributed by atoms with Crippen molar-refractivity contribution in [2.75, 3.05) is 17.2 Å². The Bertz CT molecular complexity index is 940. The number of rotatable bonds is 5. The Kier molecular flexibility index (Phi) is 6.60. The number of halogens is 1. The average Bonchev–Trinajstić information content (AvgIpc) is 3.06. The van der Waals surface area contributed by atoms with E-state index in [9.17, 15) is 4.79 Å². The lowest BCUT2D eigenvalue weighted by atomic mass is 10.0. The van der Waals surface area contributed by atoms with E-state index in [4.69, 9.17) is 17.0 Å². The second-order valence-electron chi connectivity index (χ2n) is 5.53. The highest BCUT2D eigenvalue weighted by atomic mass is 79.9. The summed E-state index contributed by atoms with van der Waals surface area (Å²) in [4.78, 5) is 12.6. The summed E-state index contributed by atoms with van der Waals surface area (Å²) < 4.78 is 6.25. The van der Waals surface area contributed by atoms with E-state index in [0.717, 1.165) is 21.3 Å². The van der Waals surface area contributed by atoms with Crippen LogP contribution in [0, 0.1) is 0 Å². The van der Waals surface area contributed by atoms with Gasteiger partial charge in [0.2, 0.25) is 0 Å². The second-order valence-corrected chi connectivity index (χ2v) is 7.73. The maximum atomic E-state index is 12.6. The first-order valence-electron chi connectivity index (χ1n) is 8.26. The van der Waals surface area contributed by atoms with Gasteiger partial charge in [0.1, 0.15) is 10.6 Å². The number of anilines is 2. The molecule has 3 rings (SSSR count). The molecule has 2 aromatic carbocycles. The molecule has 27 heavy (non-hydrogen) atoms. The number of hydrogen-bond donors (Lipinski definition) is 2. The molecule has 138 valence electrons. The van der Waals surface area contributed by atoms with E-state index in [2.05, 4.69) is 26.6 Å². The molecular formula is C20H17BrN2O2S2. The molecule has 1 heterocycles. The van der Waals surface area contributed by atoms with Gasteiger partial charge in [-0.25, -0.2) is 4.79 Å². The van der Waals surface area contributed by atoms with Gasteiger partial charge in [-0.05, 0) is 49.0 Å². The Hall–Kier alpha value is -2.22. The van der Waals surface area contributed by atoms with E-state index in [1.165, 1.54) is 11.3 Å². The topological polar surface area (TPSA) is 50.4 Å². The molecule has 0 aliphatic heterocycles. The summed E-state index contributed by atoms with van der Waals surface area (Å²) in [7, 11) is 0. The number of para-hydroxylation sites is 1. The smallest absolute Gasteiger partial charge is 0.341 e. The quantitative estimate of drug-likeness (QED) is 0.352. The highest BCUT2D eigenvalue weighted by Crippen LogP contribution is 2.36. The third kappa shape index (κ3) is 4.94. The number of hydrogen-bond acceptors (Lipinski definition) is 4. The van der Waals surface area contributed by atoms with E-state index in [0.29, 0.717) is 22.3 Å². The molecule has 0 amide bonds. The number of thiocarbonyl (C=S) groups is 1. The number of carbonyl (C=O) groups excluding carboxylic acids is 1. The fraction of sp³-hybridized carbons (Fsp3) is 0.100. The molecule has 0 aliphatic carbocycles. The van der Waals surface area contributed by atoms with Crippen LogP contribution in [-0.2, 0) is 4.74 Å². The maximum absolute atomic E-state index is 12.6. The van der Waals surface area contributed by atoms with Crippen molar-refractivity contribution >= 4 is 61.3 Å². The van der Waals surface area contributed by atoms with Crippen LogP contribution in [0.5, 0.6) is 0 Å². The lowest BCUT2D eigenvalue weighted by molar-refractivity contribution is 0.0529. The SMILES string of the molecule is CCOC(=O)c1c(-c2ccc(Br)cc2)csc1NC(=S)Nc1ccccc1. The molecule has 0 saturated carbocycles. The number of thiophene rings is 1. The van der Waals surface area contributed by atoms with Crippen LogP contribution in [-0.4, -0.2) is 17.7 Å². The van der Waals surface area contributed by atoms with Gasteiger partial charge in [-0.15, -0.1) is 11.3 Å². The molecule has 0 fully saturated rings. The van der Waals surface area contributed by atoms with Crippen LogP contribution in [0.4, 0.5) is 10.7 Å². The van der Waals surface area contributed by atoms with Crippen LogP contribution in [0.3, 0.4) is 0 Å². The second kappa shape index (κ2) is 9.12. The van der Waals surface area contributed by atoms with Gasteiger partial charge in [0.25, 0.3) is 0 Å². The van der Waals surface area contributed by atoms with Gasteiger partial charge in [-0.2, -0.15) is 0 Å². The molecule has 0 saturated heterocycles. The van der Waals surface area contributed by atoms with E-state index in [1.807, 2.05) is 60.0 Å². The van der Waals surface area contributed by atoms with E-state index < -0.39 is 0 Å². The Labute approximate surface area is 175 Å². The summed E-state index contributed by atoms with van der Waals surface area (Å²) in [6.07, 6.45) is 0. The van der Waals surface area contributed by atoms with Crippen molar-refractivity contribution in [1.29, 1.82) is 0 Å². The molecular weight excluding hydrogens is 444 g/mol. The highest BCUT2D eigenvalue weighted by Gasteiger charge is 2.22. The van der Waals surface area contributed by atoms with Crippen molar-refractivity contribution in [3.05, 3.63) is 70.0 Å². The lowest BCUT2D eigenvalue weighted by Crippen LogP contribution is -2.20. The zero-order valence-electron chi connectivity index (χ0n) is 14.5. The standard InChI is InChI=1S/C20H17BrN2O2S2/c1-2-25-19(24)17-16(13-8-10-14(21)11-9-13)12-27-18(17)23-20(26)22-15-6-4-3-5-7-15/h3-12H,2H2,1H3,(H2,22,23,26). The van der Waals surface area contributed by atoms with Gasteiger partial charge < -0.3 is 15.4 Å². The molecule has 0 atom stereocenters. The number of ether oxygens (including phenoxy) is 1. The van der Waals surface area contributed by atoms with Crippen molar-refractivity contribution in [3.8, 4) is 11.1 Å². The average molecular weight is 461 g/mol. The van der Waals surface area contributed by atoms with Crippen LogP contribution in [0.25, 0.3) is 11.1 Å². The molecule has 0 unspecified atom stereocenters. The van der Waals surface area contributed by atoms with Gasteiger partial charge in [0, 0.05) is 21.1 Å². The van der Waals surface area contributed by atoms with Crippen LogP contribution < -0.4 is 10.6 Å². The third-order valence-electron chi connectivity index (χ3n) is 3.68. The van der Waals surface area contributed by atoms with Crippen molar-refractivity contribution in [1.82, 2.24) is 0 Å². The lowest BCUT2D eigenvalue weighted by Gasteiger charge is -2.12. The van der Waals surface area contributed by atoms with Gasteiger partial charge in [-0.1, -0.05) is 46.3 Å². The number of benzene rings is 2. The minimum Gasteiger partial charge on any atom is -0.462 e. The predicted octanol–water partition coefficient (Wildman–Crippen LogP) is 6.16. The molecule has 0 spiro atoms.